The van der Waals surface area contributed by atoms with E-state index in [0.717, 1.165) is 15.1 Å². The molecule has 1 aliphatic heterocycles. The van der Waals surface area contributed by atoms with Gasteiger partial charge in [0.2, 0.25) is 5.91 Å². The second-order valence-electron chi connectivity index (χ2n) is 9.87. The van der Waals surface area contributed by atoms with E-state index in [-0.39, 0.29) is 29.6 Å². The molecule has 1 aliphatic rings. The van der Waals surface area contributed by atoms with Crippen LogP contribution in [-0.4, -0.2) is 69.8 Å². The van der Waals surface area contributed by atoms with Gasteiger partial charge in [-0.05, 0) is 36.9 Å². The summed E-state index contributed by atoms with van der Waals surface area (Å²) in [5.41, 5.74) is 0.473. The van der Waals surface area contributed by atoms with Crippen LogP contribution in [0.1, 0.15) is 32.5 Å². The van der Waals surface area contributed by atoms with Crippen LogP contribution in [-0.2, 0) is 17.5 Å². The number of amides is 1. The lowest BCUT2D eigenvalue weighted by Gasteiger charge is -2.33. The molecule has 0 N–H and O–H groups in total. The number of thiophene rings is 1. The standard InChI is InChI=1S/C29H26F3N7O2S/c1-37(2)10-6-9-26(40)38-14-22(21-11-18(12-33)42-25(21)16-38)19-7-4-5-8-20(19)23-15-39(36-27(23)29(30,31)32)28-24(41-3)13-34-17-35-28/h4-9,11,13,15,17,22H,10,14,16H2,1-3H3/b9-6+. The zero-order valence-corrected chi connectivity index (χ0v) is 23.8. The summed E-state index contributed by atoms with van der Waals surface area (Å²) in [5.74, 6) is -0.479. The molecule has 1 atom stereocenters. The molecule has 42 heavy (non-hydrogen) atoms. The van der Waals surface area contributed by atoms with Gasteiger partial charge < -0.3 is 14.5 Å². The van der Waals surface area contributed by atoms with Crippen LogP contribution in [0, 0.1) is 11.3 Å². The molecule has 0 fully saturated rings. The molecule has 3 aromatic heterocycles. The Morgan fingerprint density at radius 3 is 2.76 bits per heavy atom. The van der Waals surface area contributed by atoms with Gasteiger partial charge >= 0.3 is 6.18 Å². The van der Waals surface area contributed by atoms with E-state index >= 15 is 0 Å². The highest BCUT2D eigenvalue weighted by Gasteiger charge is 2.40. The summed E-state index contributed by atoms with van der Waals surface area (Å²) in [6, 6.07) is 10.7. The van der Waals surface area contributed by atoms with Crippen LogP contribution in [0.4, 0.5) is 13.2 Å². The van der Waals surface area contributed by atoms with Crippen LogP contribution in [0.5, 0.6) is 5.75 Å². The van der Waals surface area contributed by atoms with Crippen molar-refractivity contribution in [3.8, 4) is 28.8 Å². The van der Waals surface area contributed by atoms with Crippen molar-refractivity contribution in [2.75, 3.05) is 34.3 Å². The number of methoxy groups -OCH3 is 1. The van der Waals surface area contributed by atoms with Gasteiger partial charge in [-0.3, -0.25) is 4.79 Å². The number of rotatable bonds is 7. The number of nitrogens with zero attached hydrogens (tertiary/aromatic N) is 7. The molecule has 9 nitrogen and oxygen atoms in total. The minimum Gasteiger partial charge on any atom is -0.491 e. The first-order valence-electron chi connectivity index (χ1n) is 12.8. The van der Waals surface area contributed by atoms with Crippen LogP contribution in [0.15, 0.2) is 61.2 Å². The highest BCUT2D eigenvalue weighted by molar-refractivity contribution is 7.12. The van der Waals surface area contributed by atoms with E-state index in [0.29, 0.717) is 29.1 Å². The number of hydrogen-bond acceptors (Lipinski definition) is 8. The topological polar surface area (TPSA) is 100 Å². The van der Waals surface area contributed by atoms with E-state index in [1.807, 2.05) is 19.0 Å². The Morgan fingerprint density at radius 2 is 2.05 bits per heavy atom. The average Bonchev–Trinajstić information content (AvgIpc) is 3.61. The van der Waals surface area contributed by atoms with Crippen molar-refractivity contribution < 1.29 is 22.7 Å². The molecule has 5 rings (SSSR count). The Hall–Kier alpha value is -4.54. The normalized spacial score (nSPS) is 15.2. The predicted molar refractivity (Wildman–Crippen MR) is 150 cm³/mol. The van der Waals surface area contributed by atoms with Crippen molar-refractivity contribution in [1.29, 1.82) is 5.26 Å². The summed E-state index contributed by atoms with van der Waals surface area (Å²) >= 11 is 1.29. The van der Waals surface area contributed by atoms with E-state index in [4.69, 9.17) is 4.74 Å². The molecule has 1 amide bonds. The first kappa shape index (κ1) is 29.0. The van der Waals surface area contributed by atoms with Crippen LogP contribution in [0.2, 0.25) is 0 Å². The quantitative estimate of drug-likeness (QED) is 0.282. The fourth-order valence-corrected chi connectivity index (χ4v) is 5.97. The summed E-state index contributed by atoms with van der Waals surface area (Å²) in [5, 5.41) is 13.5. The van der Waals surface area contributed by atoms with Crippen molar-refractivity contribution >= 4 is 17.2 Å². The molecular formula is C29H26F3N7O2S. The van der Waals surface area contributed by atoms with Gasteiger partial charge in [0, 0.05) is 41.7 Å². The van der Waals surface area contributed by atoms with Gasteiger partial charge in [-0.25, -0.2) is 14.6 Å². The minimum atomic E-state index is -4.78. The zero-order chi connectivity index (χ0) is 30.0. The number of alkyl halides is 3. The number of carbonyl (C=O) groups excluding carboxylic acids is 1. The summed E-state index contributed by atoms with van der Waals surface area (Å²) in [6.07, 6.45) is 2.32. The molecule has 0 radical (unpaired) electrons. The number of hydrogen-bond donors (Lipinski definition) is 0. The molecule has 13 heteroatoms. The van der Waals surface area contributed by atoms with Crippen molar-refractivity contribution in [1.82, 2.24) is 29.5 Å². The van der Waals surface area contributed by atoms with Gasteiger partial charge in [-0.15, -0.1) is 11.3 Å². The molecule has 1 unspecified atom stereocenters. The molecule has 0 saturated carbocycles. The summed E-state index contributed by atoms with van der Waals surface area (Å²) in [7, 11) is 5.15. The third kappa shape index (κ3) is 5.77. The lowest BCUT2D eigenvalue weighted by atomic mass is 9.83. The first-order valence-corrected chi connectivity index (χ1v) is 13.7. The fraction of sp³-hybridized carbons (Fsp3) is 0.276. The molecule has 0 spiro atoms. The molecule has 4 aromatic rings. The Kier molecular flexibility index (Phi) is 8.11. The van der Waals surface area contributed by atoms with Crippen molar-refractivity contribution in [2.24, 2.45) is 0 Å². The lowest BCUT2D eigenvalue weighted by molar-refractivity contribution is -0.140. The van der Waals surface area contributed by atoms with Crippen LogP contribution >= 0.6 is 11.3 Å². The monoisotopic (exact) mass is 593 g/mol. The first-order chi connectivity index (χ1) is 20.1. The van der Waals surface area contributed by atoms with Gasteiger partial charge in [0.25, 0.3) is 0 Å². The molecule has 0 aliphatic carbocycles. The Labute approximate surface area is 244 Å². The predicted octanol–water partition coefficient (Wildman–Crippen LogP) is 4.88. The van der Waals surface area contributed by atoms with E-state index in [1.165, 1.54) is 43.2 Å². The van der Waals surface area contributed by atoms with Crippen molar-refractivity contribution in [3.63, 3.8) is 0 Å². The number of nitriles is 1. The van der Waals surface area contributed by atoms with E-state index in [2.05, 4.69) is 21.1 Å². The number of benzene rings is 1. The van der Waals surface area contributed by atoms with Crippen molar-refractivity contribution in [3.05, 3.63) is 87.8 Å². The second-order valence-corrected chi connectivity index (χ2v) is 11.0. The Balaban J connectivity index is 1.63. The van der Waals surface area contributed by atoms with Crippen LogP contribution in [0.25, 0.3) is 16.9 Å². The van der Waals surface area contributed by atoms with E-state index in [9.17, 15) is 23.2 Å². The zero-order valence-electron chi connectivity index (χ0n) is 23.0. The van der Waals surface area contributed by atoms with E-state index < -0.39 is 17.8 Å². The molecule has 0 saturated heterocycles. The minimum absolute atomic E-state index is 0.0551. The molecule has 1 aromatic carbocycles. The maximum Gasteiger partial charge on any atom is 0.435 e. The van der Waals surface area contributed by atoms with E-state index in [1.54, 1.807) is 41.3 Å². The highest BCUT2D eigenvalue weighted by Crippen LogP contribution is 2.44. The number of fused-ring (bicyclic) bond motifs is 1. The summed E-state index contributed by atoms with van der Waals surface area (Å²) in [4.78, 5) is 26.0. The largest absolute Gasteiger partial charge is 0.491 e. The third-order valence-electron chi connectivity index (χ3n) is 6.81. The number of likely N-dealkylation sites (N-methyl/N-ethyl adjacent to an activating group) is 1. The van der Waals surface area contributed by atoms with Gasteiger partial charge in [0.05, 0.1) is 19.9 Å². The smallest absolute Gasteiger partial charge is 0.435 e. The van der Waals surface area contributed by atoms with Crippen molar-refractivity contribution in [2.45, 2.75) is 18.6 Å². The third-order valence-corrected chi connectivity index (χ3v) is 7.85. The molecule has 0 bridgehead atoms. The SMILES string of the molecule is COc1cncnc1-n1cc(-c2ccccc2C2CN(C(=O)/C=C/CN(C)C)Cc3sc(C#N)cc32)c(C(F)(F)F)n1. The fourth-order valence-electron chi connectivity index (χ4n) is 4.94. The van der Waals surface area contributed by atoms with Gasteiger partial charge in [0.15, 0.2) is 17.3 Å². The molecule has 4 heterocycles. The van der Waals surface area contributed by atoms with Crippen LogP contribution < -0.4 is 4.74 Å². The van der Waals surface area contributed by atoms with Gasteiger partial charge in [-0.2, -0.15) is 23.5 Å². The second kappa shape index (κ2) is 11.8. The number of aromatic nitrogens is 4. The summed E-state index contributed by atoms with van der Waals surface area (Å²) < 4.78 is 49.5. The van der Waals surface area contributed by atoms with Gasteiger partial charge in [-0.1, -0.05) is 30.3 Å². The van der Waals surface area contributed by atoms with Gasteiger partial charge in [0.1, 0.15) is 17.3 Å². The number of ether oxygens (including phenoxy) is 1. The Morgan fingerprint density at radius 1 is 1.26 bits per heavy atom. The maximum atomic E-state index is 14.4. The molecule has 216 valence electrons. The summed E-state index contributed by atoms with van der Waals surface area (Å²) in [6.45, 7) is 1.12. The van der Waals surface area contributed by atoms with Crippen LogP contribution in [0.3, 0.4) is 0 Å². The average molecular weight is 594 g/mol. The highest BCUT2D eigenvalue weighted by atomic mass is 32.1. The lowest BCUT2D eigenvalue weighted by Crippen LogP contribution is -2.37. The maximum absolute atomic E-state index is 14.4. The number of carbonyl (C=O) groups is 1. The molecular weight excluding hydrogens is 567 g/mol. The number of halogens is 3. The Bertz CT molecular complexity index is 1690.